The summed E-state index contributed by atoms with van der Waals surface area (Å²) in [5.41, 5.74) is 4.78. The van der Waals surface area contributed by atoms with E-state index in [-0.39, 0.29) is 5.91 Å². The maximum atomic E-state index is 11.5. The van der Waals surface area contributed by atoms with Crippen molar-refractivity contribution in [3.63, 3.8) is 0 Å². The van der Waals surface area contributed by atoms with Crippen LogP contribution in [0.4, 0.5) is 5.69 Å². The smallest absolute Gasteiger partial charge is 0.248 e. The average molecular weight is 356 g/mol. The average Bonchev–Trinajstić information content (AvgIpc) is 3.15. The molecule has 2 aromatic carbocycles. The third-order valence-electron chi connectivity index (χ3n) is 3.63. The molecular formula is C16H10BrN3O2. The Morgan fingerprint density at radius 3 is 2.86 bits per heavy atom. The molecular weight excluding hydrogens is 346 g/mol. The molecule has 1 N–H and O–H groups in total. The molecule has 3 aromatic rings. The fourth-order valence-corrected chi connectivity index (χ4v) is 3.27. The number of hydrogen-bond acceptors (Lipinski definition) is 4. The van der Waals surface area contributed by atoms with Crippen molar-refractivity contribution in [1.29, 1.82) is 0 Å². The van der Waals surface area contributed by atoms with Gasteiger partial charge in [0.1, 0.15) is 0 Å². The number of benzene rings is 2. The standard InChI is InChI=1S/C16H10BrN3O2/c17-15-11(2-1-3-12(15)16-20-18-8-22-16)9-4-5-13-10(6-9)7-14(21)19-13/h1-6,8H,7H2,(H,19,21). The van der Waals surface area contributed by atoms with E-state index < -0.39 is 0 Å². The van der Waals surface area contributed by atoms with Gasteiger partial charge in [-0.1, -0.05) is 18.2 Å². The Hall–Kier alpha value is -2.47. The van der Waals surface area contributed by atoms with Crippen LogP contribution in [0.2, 0.25) is 0 Å². The predicted octanol–water partition coefficient (Wildman–Crippen LogP) is 3.66. The SMILES string of the molecule is O=C1Cc2cc(-c3cccc(-c4nnco4)c3Br)ccc2N1. The first-order valence-electron chi connectivity index (χ1n) is 6.70. The zero-order valence-corrected chi connectivity index (χ0v) is 12.9. The molecule has 0 radical (unpaired) electrons. The van der Waals surface area contributed by atoms with E-state index in [1.165, 1.54) is 6.39 Å². The van der Waals surface area contributed by atoms with E-state index in [0.717, 1.165) is 32.4 Å². The molecule has 0 bridgehead atoms. The maximum absolute atomic E-state index is 11.5. The molecule has 108 valence electrons. The number of carbonyl (C=O) groups excluding carboxylic acids is 1. The van der Waals surface area contributed by atoms with Crippen LogP contribution in [0.5, 0.6) is 0 Å². The van der Waals surface area contributed by atoms with Crippen molar-refractivity contribution in [1.82, 2.24) is 10.2 Å². The highest BCUT2D eigenvalue weighted by Gasteiger charge is 2.19. The number of nitrogens with one attached hydrogen (secondary N) is 1. The molecule has 2 heterocycles. The van der Waals surface area contributed by atoms with Gasteiger partial charge in [-0.15, -0.1) is 10.2 Å². The van der Waals surface area contributed by atoms with Gasteiger partial charge in [0.15, 0.2) is 0 Å². The lowest BCUT2D eigenvalue weighted by molar-refractivity contribution is -0.115. The highest BCUT2D eigenvalue weighted by atomic mass is 79.9. The first-order chi connectivity index (χ1) is 10.7. The van der Waals surface area contributed by atoms with Crippen LogP contribution in [0.15, 0.2) is 51.7 Å². The summed E-state index contributed by atoms with van der Waals surface area (Å²) in [5.74, 6) is 0.498. The minimum atomic E-state index is 0.0332. The third kappa shape index (κ3) is 2.12. The lowest BCUT2D eigenvalue weighted by Crippen LogP contribution is -2.03. The van der Waals surface area contributed by atoms with E-state index >= 15 is 0 Å². The van der Waals surface area contributed by atoms with Crippen LogP contribution in [-0.4, -0.2) is 16.1 Å². The van der Waals surface area contributed by atoms with Gasteiger partial charge < -0.3 is 9.73 Å². The van der Waals surface area contributed by atoms with Gasteiger partial charge in [-0.2, -0.15) is 0 Å². The molecule has 0 unspecified atom stereocenters. The second-order valence-electron chi connectivity index (χ2n) is 5.01. The van der Waals surface area contributed by atoms with Crippen LogP contribution >= 0.6 is 15.9 Å². The maximum Gasteiger partial charge on any atom is 0.248 e. The Balaban J connectivity index is 1.83. The summed E-state index contributed by atoms with van der Waals surface area (Å²) in [4.78, 5) is 11.5. The molecule has 22 heavy (non-hydrogen) atoms. The molecule has 0 saturated carbocycles. The lowest BCUT2D eigenvalue weighted by Gasteiger charge is -2.09. The van der Waals surface area contributed by atoms with Crippen LogP contribution in [-0.2, 0) is 11.2 Å². The van der Waals surface area contributed by atoms with E-state index in [0.29, 0.717) is 12.3 Å². The summed E-state index contributed by atoms with van der Waals surface area (Å²) < 4.78 is 6.16. The second-order valence-corrected chi connectivity index (χ2v) is 5.80. The molecule has 4 rings (SSSR count). The Morgan fingerprint density at radius 2 is 2.05 bits per heavy atom. The third-order valence-corrected chi connectivity index (χ3v) is 4.48. The van der Waals surface area contributed by atoms with Crippen molar-refractivity contribution >= 4 is 27.5 Å². The number of fused-ring (bicyclic) bond motifs is 1. The van der Waals surface area contributed by atoms with Crippen molar-refractivity contribution < 1.29 is 9.21 Å². The van der Waals surface area contributed by atoms with E-state index in [9.17, 15) is 4.79 Å². The molecule has 6 heteroatoms. The molecule has 1 aliphatic heterocycles. The van der Waals surface area contributed by atoms with Gasteiger partial charge in [-0.3, -0.25) is 4.79 Å². The van der Waals surface area contributed by atoms with Crippen molar-refractivity contribution in [3.05, 3.63) is 52.8 Å². The monoisotopic (exact) mass is 355 g/mol. The Bertz CT molecular complexity index is 875. The number of carbonyl (C=O) groups is 1. The van der Waals surface area contributed by atoms with Gasteiger partial charge in [-0.25, -0.2) is 0 Å². The van der Waals surface area contributed by atoms with Gasteiger partial charge >= 0.3 is 0 Å². The van der Waals surface area contributed by atoms with Crippen LogP contribution in [0.25, 0.3) is 22.6 Å². The zero-order valence-electron chi connectivity index (χ0n) is 11.3. The van der Waals surface area contributed by atoms with Crippen molar-refractivity contribution in [2.24, 2.45) is 0 Å². The highest BCUT2D eigenvalue weighted by Crippen LogP contribution is 2.37. The number of hydrogen-bond donors (Lipinski definition) is 1. The zero-order chi connectivity index (χ0) is 15.1. The van der Waals surface area contributed by atoms with E-state index in [1.807, 2.05) is 36.4 Å². The Morgan fingerprint density at radius 1 is 1.18 bits per heavy atom. The fourth-order valence-electron chi connectivity index (χ4n) is 2.61. The van der Waals surface area contributed by atoms with Gasteiger partial charge in [0.05, 0.1) is 12.0 Å². The minimum Gasteiger partial charge on any atom is -0.423 e. The fraction of sp³-hybridized carbons (Fsp3) is 0.0625. The summed E-state index contributed by atoms with van der Waals surface area (Å²) in [5, 5.41) is 10.5. The molecule has 1 aromatic heterocycles. The van der Waals surface area contributed by atoms with Gasteiger partial charge in [0.2, 0.25) is 18.2 Å². The number of anilines is 1. The van der Waals surface area contributed by atoms with Crippen LogP contribution in [0, 0.1) is 0 Å². The molecule has 1 aliphatic rings. The van der Waals surface area contributed by atoms with Gasteiger partial charge in [-0.05, 0) is 50.8 Å². The molecule has 0 aliphatic carbocycles. The normalized spacial score (nSPS) is 13.0. The van der Waals surface area contributed by atoms with Crippen LogP contribution in [0.1, 0.15) is 5.56 Å². The summed E-state index contributed by atoms with van der Waals surface area (Å²) in [7, 11) is 0. The first kappa shape index (κ1) is 13.2. The highest BCUT2D eigenvalue weighted by molar-refractivity contribution is 9.10. The quantitative estimate of drug-likeness (QED) is 0.761. The minimum absolute atomic E-state index is 0.0332. The lowest BCUT2D eigenvalue weighted by atomic mass is 10.00. The largest absolute Gasteiger partial charge is 0.423 e. The Labute approximate surface area is 134 Å². The van der Waals surface area contributed by atoms with Crippen molar-refractivity contribution in [3.8, 4) is 22.6 Å². The van der Waals surface area contributed by atoms with E-state index in [2.05, 4.69) is 31.4 Å². The topological polar surface area (TPSA) is 68.0 Å². The van der Waals surface area contributed by atoms with Gasteiger partial charge in [0, 0.05) is 10.2 Å². The predicted molar refractivity (Wildman–Crippen MR) is 85.2 cm³/mol. The van der Waals surface area contributed by atoms with E-state index in [4.69, 9.17) is 4.42 Å². The number of nitrogens with zero attached hydrogens (tertiary/aromatic N) is 2. The van der Waals surface area contributed by atoms with Crippen molar-refractivity contribution in [2.75, 3.05) is 5.32 Å². The van der Waals surface area contributed by atoms with Gasteiger partial charge in [0.25, 0.3) is 0 Å². The van der Waals surface area contributed by atoms with Crippen molar-refractivity contribution in [2.45, 2.75) is 6.42 Å². The summed E-state index contributed by atoms with van der Waals surface area (Å²) in [6, 6.07) is 11.8. The molecule has 1 amide bonds. The molecule has 0 spiro atoms. The summed E-state index contributed by atoms with van der Waals surface area (Å²) in [6.07, 6.45) is 1.73. The first-order valence-corrected chi connectivity index (χ1v) is 7.50. The summed E-state index contributed by atoms with van der Waals surface area (Å²) >= 11 is 3.62. The number of aromatic nitrogens is 2. The molecule has 0 saturated heterocycles. The second kappa shape index (κ2) is 5.06. The number of halogens is 1. The molecule has 0 atom stereocenters. The van der Waals surface area contributed by atoms with E-state index in [1.54, 1.807) is 0 Å². The van der Waals surface area contributed by atoms with Crippen LogP contribution < -0.4 is 5.32 Å². The molecule has 5 nitrogen and oxygen atoms in total. The number of rotatable bonds is 2. The molecule has 0 fully saturated rings. The summed E-state index contributed by atoms with van der Waals surface area (Å²) in [6.45, 7) is 0. The van der Waals surface area contributed by atoms with Crippen LogP contribution in [0.3, 0.4) is 0 Å². The Kier molecular flexibility index (Phi) is 3.04. The number of amides is 1.